The summed E-state index contributed by atoms with van der Waals surface area (Å²) >= 11 is 0. The molecular formula is C12H23N5O. The smallest absolute Gasteiger partial charge is 0.233 e. The summed E-state index contributed by atoms with van der Waals surface area (Å²) in [5, 5.41) is 13.8. The second-order valence-corrected chi connectivity index (χ2v) is 4.67. The van der Waals surface area contributed by atoms with Gasteiger partial charge in [-0.15, -0.1) is 10.2 Å². The fourth-order valence-electron chi connectivity index (χ4n) is 1.53. The molecule has 6 heteroatoms. The van der Waals surface area contributed by atoms with E-state index in [0.29, 0.717) is 19.0 Å². The second-order valence-electron chi connectivity index (χ2n) is 4.67. The van der Waals surface area contributed by atoms with E-state index in [2.05, 4.69) is 34.7 Å². The molecule has 102 valence electrons. The van der Waals surface area contributed by atoms with Crippen LogP contribution in [0, 0.1) is 5.92 Å². The molecule has 0 aromatic carbocycles. The molecule has 0 aliphatic heterocycles. The van der Waals surface area contributed by atoms with E-state index in [1.54, 1.807) is 6.33 Å². The van der Waals surface area contributed by atoms with E-state index in [4.69, 9.17) is 0 Å². The Balaban J connectivity index is 2.15. The first-order valence-electron chi connectivity index (χ1n) is 6.47. The van der Waals surface area contributed by atoms with Gasteiger partial charge in [-0.3, -0.25) is 4.79 Å². The van der Waals surface area contributed by atoms with Crippen molar-refractivity contribution >= 4 is 5.91 Å². The zero-order valence-corrected chi connectivity index (χ0v) is 11.4. The van der Waals surface area contributed by atoms with Gasteiger partial charge in [0, 0.05) is 13.1 Å². The Labute approximate surface area is 108 Å². The maximum Gasteiger partial charge on any atom is 0.233 e. The SMILES string of the molecule is CCn1cnnc1CNCC(=O)NCCC(C)C. The summed E-state index contributed by atoms with van der Waals surface area (Å²) < 4.78 is 1.95. The molecule has 0 bridgehead atoms. The molecule has 1 amide bonds. The highest BCUT2D eigenvalue weighted by Gasteiger charge is 2.04. The van der Waals surface area contributed by atoms with Gasteiger partial charge in [-0.2, -0.15) is 0 Å². The van der Waals surface area contributed by atoms with Crippen molar-refractivity contribution < 1.29 is 4.79 Å². The zero-order chi connectivity index (χ0) is 13.4. The van der Waals surface area contributed by atoms with Crippen molar-refractivity contribution in [3.8, 4) is 0 Å². The third kappa shape index (κ3) is 5.27. The molecule has 1 heterocycles. The summed E-state index contributed by atoms with van der Waals surface area (Å²) in [4.78, 5) is 11.5. The van der Waals surface area contributed by atoms with Crippen molar-refractivity contribution in [3.05, 3.63) is 12.2 Å². The number of aromatic nitrogens is 3. The van der Waals surface area contributed by atoms with Gasteiger partial charge in [0.05, 0.1) is 13.1 Å². The number of hydrogen-bond acceptors (Lipinski definition) is 4. The summed E-state index contributed by atoms with van der Waals surface area (Å²) in [5.41, 5.74) is 0. The van der Waals surface area contributed by atoms with Gasteiger partial charge < -0.3 is 15.2 Å². The highest BCUT2D eigenvalue weighted by Crippen LogP contribution is 1.96. The van der Waals surface area contributed by atoms with Crippen molar-refractivity contribution in [2.24, 2.45) is 5.92 Å². The van der Waals surface area contributed by atoms with Crippen molar-refractivity contribution in [2.75, 3.05) is 13.1 Å². The van der Waals surface area contributed by atoms with Crippen LogP contribution in [0.1, 0.15) is 33.0 Å². The number of hydrogen-bond donors (Lipinski definition) is 2. The Morgan fingerprint density at radius 2 is 2.28 bits per heavy atom. The average molecular weight is 253 g/mol. The van der Waals surface area contributed by atoms with E-state index in [-0.39, 0.29) is 5.91 Å². The van der Waals surface area contributed by atoms with Crippen LogP contribution < -0.4 is 10.6 Å². The minimum atomic E-state index is 0.0261. The first-order chi connectivity index (χ1) is 8.63. The summed E-state index contributed by atoms with van der Waals surface area (Å²) in [6, 6.07) is 0. The highest BCUT2D eigenvalue weighted by molar-refractivity contribution is 5.77. The molecular weight excluding hydrogens is 230 g/mol. The third-order valence-corrected chi connectivity index (χ3v) is 2.65. The van der Waals surface area contributed by atoms with Crippen LogP contribution in [-0.4, -0.2) is 33.8 Å². The minimum Gasteiger partial charge on any atom is -0.355 e. The van der Waals surface area contributed by atoms with Crippen LogP contribution in [-0.2, 0) is 17.9 Å². The predicted octanol–water partition coefficient (Wildman–Crippen LogP) is 0.550. The Hall–Kier alpha value is -1.43. The molecule has 1 rings (SSSR count). The Morgan fingerprint density at radius 3 is 2.94 bits per heavy atom. The summed E-state index contributed by atoms with van der Waals surface area (Å²) in [6.07, 6.45) is 2.70. The second kappa shape index (κ2) is 7.81. The van der Waals surface area contributed by atoms with E-state index < -0.39 is 0 Å². The number of carbonyl (C=O) groups excluding carboxylic acids is 1. The van der Waals surface area contributed by atoms with Crippen LogP contribution in [0.15, 0.2) is 6.33 Å². The van der Waals surface area contributed by atoms with Crippen LogP contribution in [0.4, 0.5) is 0 Å². The van der Waals surface area contributed by atoms with Gasteiger partial charge in [0.2, 0.25) is 5.91 Å². The molecule has 0 radical (unpaired) electrons. The number of rotatable bonds is 8. The molecule has 0 unspecified atom stereocenters. The fourth-order valence-corrected chi connectivity index (χ4v) is 1.53. The summed E-state index contributed by atoms with van der Waals surface area (Å²) in [6.45, 7) is 8.77. The number of carbonyl (C=O) groups is 1. The fraction of sp³-hybridized carbons (Fsp3) is 0.750. The van der Waals surface area contributed by atoms with Gasteiger partial charge in [0.25, 0.3) is 0 Å². The molecule has 0 aliphatic carbocycles. The van der Waals surface area contributed by atoms with E-state index in [0.717, 1.165) is 25.3 Å². The van der Waals surface area contributed by atoms with Gasteiger partial charge in [-0.05, 0) is 19.3 Å². The molecule has 0 atom stereocenters. The van der Waals surface area contributed by atoms with E-state index in [1.165, 1.54) is 0 Å². The predicted molar refractivity (Wildman–Crippen MR) is 69.9 cm³/mol. The van der Waals surface area contributed by atoms with Crippen molar-refractivity contribution in [1.29, 1.82) is 0 Å². The molecule has 0 saturated heterocycles. The van der Waals surface area contributed by atoms with E-state index >= 15 is 0 Å². The van der Waals surface area contributed by atoms with Gasteiger partial charge in [-0.25, -0.2) is 0 Å². The molecule has 1 aromatic heterocycles. The monoisotopic (exact) mass is 253 g/mol. The van der Waals surface area contributed by atoms with Gasteiger partial charge in [0.15, 0.2) is 0 Å². The maximum atomic E-state index is 11.5. The largest absolute Gasteiger partial charge is 0.355 e. The lowest BCUT2D eigenvalue weighted by molar-refractivity contribution is -0.120. The number of aryl methyl sites for hydroxylation is 1. The molecule has 0 saturated carbocycles. The van der Waals surface area contributed by atoms with Crippen LogP contribution >= 0.6 is 0 Å². The normalized spacial score (nSPS) is 10.9. The molecule has 2 N–H and O–H groups in total. The maximum absolute atomic E-state index is 11.5. The Bertz CT molecular complexity index is 361. The first kappa shape index (κ1) is 14.6. The average Bonchev–Trinajstić information content (AvgIpc) is 2.76. The van der Waals surface area contributed by atoms with Gasteiger partial charge in [-0.1, -0.05) is 13.8 Å². The van der Waals surface area contributed by atoms with Crippen LogP contribution in [0.25, 0.3) is 0 Å². The lowest BCUT2D eigenvalue weighted by Crippen LogP contribution is -2.34. The first-order valence-corrected chi connectivity index (χ1v) is 6.47. The molecule has 18 heavy (non-hydrogen) atoms. The van der Waals surface area contributed by atoms with Crippen molar-refractivity contribution in [2.45, 2.75) is 40.3 Å². The zero-order valence-electron chi connectivity index (χ0n) is 11.4. The van der Waals surface area contributed by atoms with E-state index in [1.807, 2.05) is 11.5 Å². The Kier molecular flexibility index (Phi) is 6.35. The topological polar surface area (TPSA) is 71.8 Å². The van der Waals surface area contributed by atoms with Crippen LogP contribution in [0.3, 0.4) is 0 Å². The lowest BCUT2D eigenvalue weighted by atomic mass is 10.1. The number of amides is 1. The van der Waals surface area contributed by atoms with Crippen molar-refractivity contribution in [1.82, 2.24) is 25.4 Å². The van der Waals surface area contributed by atoms with Crippen molar-refractivity contribution in [3.63, 3.8) is 0 Å². The lowest BCUT2D eigenvalue weighted by Gasteiger charge is -2.08. The molecule has 0 spiro atoms. The number of nitrogens with one attached hydrogen (secondary N) is 2. The number of nitrogens with zero attached hydrogens (tertiary/aromatic N) is 3. The van der Waals surface area contributed by atoms with Crippen LogP contribution in [0.5, 0.6) is 0 Å². The standard InChI is InChI=1S/C12H23N5O/c1-4-17-9-15-16-11(17)7-13-8-12(18)14-6-5-10(2)3/h9-10,13H,4-8H2,1-3H3,(H,14,18). The van der Waals surface area contributed by atoms with Gasteiger partial charge in [0.1, 0.15) is 12.2 Å². The van der Waals surface area contributed by atoms with Crippen LogP contribution in [0.2, 0.25) is 0 Å². The molecule has 1 aromatic rings. The van der Waals surface area contributed by atoms with Gasteiger partial charge >= 0.3 is 0 Å². The molecule has 6 nitrogen and oxygen atoms in total. The third-order valence-electron chi connectivity index (χ3n) is 2.65. The summed E-state index contributed by atoms with van der Waals surface area (Å²) in [5.74, 6) is 1.49. The molecule has 0 fully saturated rings. The quantitative estimate of drug-likeness (QED) is 0.709. The summed E-state index contributed by atoms with van der Waals surface area (Å²) in [7, 11) is 0. The minimum absolute atomic E-state index is 0.0261. The van der Waals surface area contributed by atoms with E-state index in [9.17, 15) is 4.79 Å². The highest BCUT2D eigenvalue weighted by atomic mass is 16.1. The Morgan fingerprint density at radius 1 is 1.50 bits per heavy atom. The molecule has 0 aliphatic rings.